The number of hydrogen-bond acceptors (Lipinski definition) is 3. The van der Waals surface area contributed by atoms with E-state index >= 15 is 0 Å². The van der Waals surface area contributed by atoms with Crippen LogP contribution in [-0.4, -0.2) is 16.9 Å². The molecule has 0 saturated heterocycles. The largest absolute Gasteiger partial charge is 0.350 e. The number of non-ortho nitro benzene ring substituents is 1. The van der Waals surface area contributed by atoms with E-state index in [2.05, 4.69) is 17.4 Å². The Morgan fingerprint density at radius 2 is 1.91 bits per heavy atom. The van der Waals surface area contributed by atoms with Crippen molar-refractivity contribution in [1.82, 2.24) is 5.32 Å². The molecule has 0 unspecified atom stereocenters. The molecule has 5 nitrogen and oxygen atoms in total. The Kier molecular flexibility index (Phi) is 5.25. The van der Waals surface area contributed by atoms with Crippen LogP contribution in [0.1, 0.15) is 29.3 Å². The maximum absolute atomic E-state index is 12.1. The molecule has 0 fully saturated rings. The standard InChI is InChI=1S/C17H18N2O3/c1-13(10-11-14-6-3-2-4-7-14)18-17(20)15-8-5-9-16(12-15)19(21)22/h2-9,12-13H,10-11H2,1H3,(H,18,20)/t13-/m0/s1. The first-order chi connectivity index (χ1) is 10.6. The van der Waals surface area contributed by atoms with Crippen molar-refractivity contribution in [1.29, 1.82) is 0 Å². The molecule has 5 heteroatoms. The second-order valence-corrected chi connectivity index (χ2v) is 5.21. The van der Waals surface area contributed by atoms with Crippen LogP contribution >= 0.6 is 0 Å². The summed E-state index contributed by atoms with van der Waals surface area (Å²) in [6.45, 7) is 1.93. The van der Waals surface area contributed by atoms with E-state index < -0.39 is 4.92 Å². The summed E-state index contributed by atoms with van der Waals surface area (Å²) in [6, 6.07) is 15.8. The van der Waals surface area contributed by atoms with Gasteiger partial charge in [0.15, 0.2) is 0 Å². The molecule has 114 valence electrons. The van der Waals surface area contributed by atoms with Gasteiger partial charge in [0.1, 0.15) is 0 Å². The number of carbonyl (C=O) groups is 1. The Hall–Kier alpha value is -2.69. The molecule has 2 aromatic carbocycles. The average Bonchev–Trinajstić information content (AvgIpc) is 2.54. The van der Waals surface area contributed by atoms with Gasteiger partial charge in [0.05, 0.1) is 4.92 Å². The van der Waals surface area contributed by atoms with Crippen LogP contribution in [0.5, 0.6) is 0 Å². The zero-order valence-electron chi connectivity index (χ0n) is 12.4. The summed E-state index contributed by atoms with van der Waals surface area (Å²) in [7, 11) is 0. The molecule has 0 saturated carbocycles. The van der Waals surface area contributed by atoms with Gasteiger partial charge < -0.3 is 5.32 Å². The van der Waals surface area contributed by atoms with Gasteiger partial charge in [-0.2, -0.15) is 0 Å². The van der Waals surface area contributed by atoms with Gasteiger partial charge in [-0.1, -0.05) is 36.4 Å². The van der Waals surface area contributed by atoms with Gasteiger partial charge in [0.25, 0.3) is 11.6 Å². The van der Waals surface area contributed by atoms with Crippen LogP contribution in [0, 0.1) is 10.1 Å². The van der Waals surface area contributed by atoms with Crippen LogP contribution in [0.4, 0.5) is 5.69 Å². The molecule has 0 aliphatic rings. The number of rotatable bonds is 6. The van der Waals surface area contributed by atoms with Crippen molar-refractivity contribution >= 4 is 11.6 Å². The predicted molar refractivity (Wildman–Crippen MR) is 84.8 cm³/mol. The maximum Gasteiger partial charge on any atom is 0.270 e. The van der Waals surface area contributed by atoms with Gasteiger partial charge in [-0.05, 0) is 31.4 Å². The Bertz CT molecular complexity index is 656. The Morgan fingerprint density at radius 3 is 2.59 bits per heavy atom. The lowest BCUT2D eigenvalue weighted by Crippen LogP contribution is -2.32. The monoisotopic (exact) mass is 298 g/mol. The van der Waals surface area contributed by atoms with Gasteiger partial charge >= 0.3 is 0 Å². The maximum atomic E-state index is 12.1. The first-order valence-electron chi connectivity index (χ1n) is 7.15. The molecule has 0 aromatic heterocycles. The Morgan fingerprint density at radius 1 is 1.18 bits per heavy atom. The predicted octanol–water partition coefficient (Wildman–Crippen LogP) is 3.35. The van der Waals surface area contributed by atoms with Gasteiger partial charge in [-0.25, -0.2) is 0 Å². The van der Waals surface area contributed by atoms with E-state index in [1.54, 1.807) is 6.07 Å². The summed E-state index contributed by atoms with van der Waals surface area (Å²) in [4.78, 5) is 22.3. The third kappa shape index (κ3) is 4.41. The van der Waals surface area contributed by atoms with E-state index in [0.29, 0.717) is 5.56 Å². The number of nitrogens with zero attached hydrogens (tertiary/aromatic N) is 1. The minimum Gasteiger partial charge on any atom is -0.350 e. The van der Waals surface area contributed by atoms with Crippen LogP contribution in [0.15, 0.2) is 54.6 Å². The molecule has 22 heavy (non-hydrogen) atoms. The SMILES string of the molecule is C[C@@H](CCc1ccccc1)NC(=O)c1cccc([N+](=O)[O-])c1. The van der Waals surface area contributed by atoms with E-state index in [9.17, 15) is 14.9 Å². The van der Waals surface area contributed by atoms with Gasteiger partial charge in [-0.15, -0.1) is 0 Å². The van der Waals surface area contributed by atoms with Gasteiger partial charge in [0.2, 0.25) is 0 Å². The number of nitro benzene ring substituents is 1. The lowest BCUT2D eigenvalue weighted by molar-refractivity contribution is -0.384. The molecule has 0 spiro atoms. The highest BCUT2D eigenvalue weighted by Gasteiger charge is 2.13. The lowest BCUT2D eigenvalue weighted by Gasteiger charge is -2.14. The van der Waals surface area contributed by atoms with Crippen LogP contribution < -0.4 is 5.32 Å². The van der Waals surface area contributed by atoms with E-state index in [1.165, 1.54) is 23.8 Å². The van der Waals surface area contributed by atoms with Crippen LogP contribution in [-0.2, 0) is 6.42 Å². The normalized spacial score (nSPS) is 11.7. The van der Waals surface area contributed by atoms with Crippen molar-refractivity contribution in [3.63, 3.8) is 0 Å². The number of benzene rings is 2. The molecule has 0 aliphatic carbocycles. The highest BCUT2D eigenvalue weighted by Crippen LogP contribution is 2.13. The molecule has 0 radical (unpaired) electrons. The Labute approximate surface area is 129 Å². The molecule has 0 heterocycles. The minimum atomic E-state index is -0.504. The van der Waals surface area contributed by atoms with Gasteiger partial charge in [-0.3, -0.25) is 14.9 Å². The van der Waals surface area contributed by atoms with Crippen molar-refractivity contribution in [2.75, 3.05) is 0 Å². The van der Waals surface area contributed by atoms with Gasteiger partial charge in [0, 0.05) is 23.7 Å². The lowest BCUT2D eigenvalue weighted by atomic mass is 10.1. The van der Waals surface area contributed by atoms with Crippen LogP contribution in [0.2, 0.25) is 0 Å². The average molecular weight is 298 g/mol. The molecule has 1 amide bonds. The Balaban J connectivity index is 1.91. The van der Waals surface area contributed by atoms with Crippen molar-refractivity contribution in [2.45, 2.75) is 25.8 Å². The third-order valence-corrected chi connectivity index (χ3v) is 3.41. The highest BCUT2D eigenvalue weighted by atomic mass is 16.6. The topological polar surface area (TPSA) is 72.2 Å². The van der Waals surface area contributed by atoms with Crippen molar-refractivity contribution in [3.8, 4) is 0 Å². The van der Waals surface area contributed by atoms with E-state index in [0.717, 1.165) is 12.8 Å². The summed E-state index contributed by atoms with van der Waals surface area (Å²) < 4.78 is 0. The summed E-state index contributed by atoms with van der Waals surface area (Å²) in [6.07, 6.45) is 1.68. The summed E-state index contributed by atoms with van der Waals surface area (Å²) in [5.41, 5.74) is 1.45. The molecular formula is C17H18N2O3. The van der Waals surface area contributed by atoms with E-state index in [1.807, 2.05) is 25.1 Å². The van der Waals surface area contributed by atoms with Crippen LogP contribution in [0.25, 0.3) is 0 Å². The van der Waals surface area contributed by atoms with Crippen LogP contribution in [0.3, 0.4) is 0 Å². The third-order valence-electron chi connectivity index (χ3n) is 3.41. The fourth-order valence-corrected chi connectivity index (χ4v) is 2.17. The number of amides is 1. The molecule has 1 atom stereocenters. The molecule has 0 aliphatic heterocycles. The fourth-order valence-electron chi connectivity index (χ4n) is 2.17. The second kappa shape index (κ2) is 7.36. The zero-order valence-corrected chi connectivity index (χ0v) is 12.4. The molecular weight excluding hydrogens is 280 g/mol. The summed E-state index contributed by atoms with van der Waals surface area (Å²) in [5, 5.41) is 13.6. The van der Waals surface area contributed by atoms with E-state index in [-0.39, 0.29) is 17.6 Å². The second-order valence-electron chi connectivity index (χ2n) is 5.21. The molecule has 2 rings (SSSR count). The first-order valence-corrected chi connectivity index (χ1v) is 7.15. The number of hydrogen-bond donors (Lipinski definition) is 1. The highest BCUT2D eigenvalue weighted by molar-refractivity contribution is 5.94. The zero-order chi connectivity index (χ0) is 15.9. The van der Waals surface area contributed by atoms with Crippen molar-refractivity contribution < 1.29 is 9.72 Å². The number of nitro groups is 1. The number of nitrogens with one attached hydrogen (secondary N) is 1. The molecule has 1 N–H and O–H groups in total. The smallest absolute Gasteiger partial charge is 0.270 e. The minimum absolute atomic E-state index is 0.00744. The summed E-state index contributed by atoms with van der Waals surface area (Å²) in [5.74, 6) is -0.288. The van der Waals surface area contributed by atoms with E-state index in [4.69, 9.17) is 0 Å². The van der Waals surface area contributed by atoms with Crippen molar-refractivity contribution in [2.24, 2.45) is 0 Å². The molecule has 2 aromatic rings. The molecule has 0 bridgehead atoms. The fraction of sp³-hybridized carbons (Fsp3) is 0.235. The summed E-state index contributed by atoms with van der Waals surface area (Å²) >= 11 is 0. The first kappa shape index (κ1) is 15.7. The number of aryl methyl sites for hydroxylation is 1. The number of carbonyl (C=O) groups excluding carboxylic acids is 1. The quantitative estimate of drug-likeness (QED) is 0.656. The van der Waals surface area contributed by atoms with Crippen molar-refractivity contribution in [3.05, 3.63) is 75.8 Å².